The minimum absolute atomic E-state index is 0.325. The van der Waals surface area contributed by atoms with Crippen LogP contribution in [0.5, 0.6) is 5.75 Å². The number of thiazole rings is 1. The lowest BCUT2D eigenvalue weighted by molar-refractivity contribution is -0.135. The Morgan fingerprint density at radius 1 is 1.00 bits per heavy atom. The molecule has 5 rings (SSSR count). The van der Waals surface area contributed by atoms with E-state index < -0.39 is 23.7 Å². The normalized spacial score (nSPS) is 17.9. The van der Waals surface area contributed by atoms with Crippen LogP contribution in [0.25, 0.3) is 10.2 Å². The van der Waals surface area contributed by atoms with E-state index in [1.807, 2.05) is 55.5 Å². The molecule has 4 aromatic rings. The number of aromatic nitrogens is 1. The van der Waals surface area contributed by atoms with E-state index in [4.69, 9.17) is 4.74 Å². The standard InChI is InChI=1S/C29H26N2O4S/c1-16(2)18-9-11-19(12-10-18)25-24(26(32)20-7-5-17(3)6-8-20)27(33)28(34)31(25)29-30-22-14-13-21(35-4)15-23(22)36-29/h5-16,24-25H,1-4H3. The predicted octanol–water partition coefficient (Wildman–Crippen LogP) is 5.89. The number of fused-ring (bicyclic) bond motifs is 1. The zero-order valence-electron chi connectivity index (χ0n) is 20.5. The van der Waals surface area contributed by atoms with E-state index in [1.165, 1.54) is 16.2 Å². The first kappa shape index (κ1) is 23.9. The third-order valence-electron chi connectivity index (χ3n) is 6.66. The van der Waals surface area contributed by atoms with Crippen molar-refractivity contribution in [3.63, 3.8) is 0 Å². The van der Waals surface area contributed by atoms with Gasteiger partial charge in [0.15, 0.2) is 10.9 Å². The summed E-state index contributed by atoms with van der Waals surface area (Å²) in [5.41, 5.74) is 3.97. The van der Waals surface area contributed by atoms with Gasteiger partial charge >= 0.3 is 0 Å². The second kappa shape index (κ2) is 9.32. The number of aryl methyl sites for hydroxylation is 1. The van der Waals surface area contributed by atoms with Gasteiger partial charge in [-0.2, -0.15) is 0 Å². The Morgan fingerprint density at radius 2 is 1.69 bits per heavy atom. The highest BCUT2D eigenvalue weighted by atomic mass is 32.1. The zero-order valence-corrected chi connectivity index (χ0v) is 21.3. The van der Waals surface area contributed by atoms with Crippen molar-refractivity contribution in [2.24, 2.45) is 5.92 Å². The van der Waals surface area contributed by atoms with Crippen molar-refractivity contribution in [3.05, 3.63) is 89.0 Å². The number of nitrogens with zero attached hydrogens (tertiary/aromatic N) is 2. The van der Waals surface area contributed by atoms with E-state index in [-0.39, 0.29) is 5.78 Å². The van der Waals surface area contributed by atoms with Crippen molar-refractivity contribution in [1.29, 1.82) is 0 Å². The Kier molecular flexibility index (Phi) is 6.18. The lowest BCUT2D eigenvalue weighted by atomic mass is 9.85. The molecule has 182 valence electrons. The number of ether oxygens (including phenoxy) is 1. The summed E-state index contributed by atoms with van der Waals surface area (Å²) in [7, 11) is 1.59. The molecule has 2 unspecified atom stereocenters. The largest absolute Gasteiger partial charge is 0.497 e. The van der Waals surface area contributed by atoms with Gasteiger partial charge in [0.05, 0.1) is 23.4 Å². The van der Waals surface area contributed by atoms with Crippen LogP contribution in [0.3, 0.4) is 0 Å². The van der Waals surface area contributed by atoms with Crippen LogP contribution in [0.1, 0.15) is 52.9 Å². The van der Waals surface area contributed by atoms with E-state index in [0.717, 1.165) is 21.4 Å². The first-order valence-electron chi connectivity index (χ1n) is 11.8. The van der Waals surface area contributed by atoms with E-state index in [1.54, 1.807) is 25.3 Å². The van der Waals surface area contributed by atoms with Crippen molar-refractivity contribution >= 4 is 44.2 Å². The number of rotatable bonds is 6. The van der Waals surface area contributed by atoms with E-state index >= 15 is 0 Å². The van der Waals surface area contributed by atoms with E-state index in [2.05, 4.69) is 18.8 Å². The Hall–Kier alpha value is -3.84. The molecule has 1 fully saturated rings. The van der Waals surface area contributed by atoms with Crippen LogP contribution >= 0.6 is 11.3 Å². The summed E-state index contributed by atoms with van der Waals surface area (Å²) in [6, 6.07) is 19.6. The first-order chi connectivity index (χ1) is 17.3. The number of benzene rings is 3. The fourth-order valence-electron chi connectivity index (χ4n) is 4.58. The molecule has 1 aliphatic heterocycles. The Balaban J connectivity index is 1.64. The van der Waals surface area contributed by atoms with Gasteiger partial charge in [0, 0.05) is 5.56 Å². The number of Topliss-reactive ketones (excluding diaryl/α,β-unsaturated/α-hetero) is 2. The Morgan fingerprint density at radius 3 is 2.33 bits per heavy atom. The molecule has 1 amide bonds. The van der Waals surface area contributed by atoms with Crippen LogP contribution < -0.4 is 9.64 Å². The SMILES string of the molecule is COc1ccc2nc(N3C(=O)C(=O)C(C(=O)c4ccc(C)cc4)C3c3ccc(C(C)C)cc3)sc2c1. The zero-order chi connectivity index (χ0) is 25.6. The molecule has 1 aromatic heterocycles. The topological polar surface area (TPSA) is 76.6 Å². The molecule has 0 saturated carbocycles. The maximum absolute atomic E-state index is 13.7. The monoisotopic (exact) mass is 498 g/mol. The third-order valence-corrected chi connectivity index (χ3v) is 7.68. The molecule has 1 saturated heterocycles. The fraction of sp³-hybridized carbons (Fsp3) is 0.241. The molecule has 2 atom stereocenters. The second-order valence-corrected chi connectivity index (χ2v) is 10.4. The maximum Gasteiger partial charge on any atom is 0.297 e. The summed E-state index contributed by atoms with van der Waals surface area (Å²) in [5, 5.41) is 0.383. The fourth-order valence-corrected chi connectivity index (χ4v) is 5.61. The van der Waals surface area contributed by atoms with Gasteiger partial charge in [0.1, 0.15) is 11.7 Å². The minimum Gasteiger partial charge on any atom is -0.497 e. The predicted molar refractivity (Wildman–Crippen MR) is 141 cm³/mol. The van der Waals surface area contributed by atoms with Crippen molar-refractivity contribution in [1.82, 2.24) is 4.98 Å². The van der Waals surface area contributed by atoms with Crippen molar-refractivity contribution in [2.75, 3.05) is 12.0 Å². The molecule has 0 spiro atoms. The number of methoxy groups -OCH3 is 1. The van der Waals surface area contributed by atoms with Crippen LogP contribution in [-0.2, 0) is 9.59 Å². The van der Waals surface area contributed by atoms with Gasteiger partial charge in [0.25, 0.3) is 5.91 Å². The minimum atomic E-state index is -1.16. The summed E-state index contributed by atoms with van der Waals surface area (Å²) >= 11 is 1.30. The van der Waals surface area contributed by atoms with Crippen molar-refractivity contribution < 1.29 is 19.1 Å². The molecule has 7 heteroatoms. The number of anilines is 1. The van der Waals surface area contributed by atoms with Gasteiger partial charge in [-0.05, 0) is 42.2 Å². The number of hydrogen-bond acceptors (Lipinski definition) is 6. The molecule has 0 N–H and O–H groups in total. The summed E-state index contributed by atoms with van der Waals surface area (Å²) in [5.74, 6) is -1.95. The van der Waals surface area contributed by atoms with Gasteiger partial charge in [-0.3, -0.25) is 19.3 Å². The van der Waals surface area contributed by atoms with Crippen LogP contribution in [-0.4, -0.2) is 29.6 Å². The third kappa shape index (κ3) is 4.09. The van der Waals surface area contributed by atoms with Crippen LogP contribution in [0.15, 0.2) is 66.7 Å². The molecule has 0 aliphatic carbocycles. The summed E-state index contributed by atoms with van der Waals surface area (Å²) in [6.45, 7) is 6.13. The smallest absolute Gasteiger partial charge is 0.297 e. The number of ketones is 2. The number of carbonyl (C=O) groups excluding carboxylic acids is 3. The van der Waals surface area contributed by atoms with Gasteiger partial charge in [-0.15, -0.1) is 0 Å². The molecule has 0 radical (unpaired) electrons. The molecule has 3 aromatic carbocycles. The lowest BCUT2D eigenvalue weighted by Crippen LogP contribution is -2.30. The summed E-state index contributed by atoms with van der Waals surface area (Å²) in [4.78, 5) is 46.6. The van der Waals surface area contributed by atoms with Crippen LogP contribution in [0, 0.1) is 12.8 Å². The number of amides is 1. The van der Waals surface area contributed by atoms with Gasteiger partial charge in [-0.1, -0.05) is 79.3 Å². The number of hydrogen-bond donors (Lipinski definition) is 0. The lowest BCUT2D eigenvalue weighted by Gasteiger charge is -2.25. The molecule has 2 heterocycles. The first-order valence-corrected chi connectivity index (χ1v) is 12.6. The molecular formula is C29H26N2O4S. The highest BCUT2D eigenvalue weighted by molar-refractivity contribution is 7.22. The average Bonchev–Trinajstić information content (AvgIpc) is 3.41. The quantitative estimate of drug-likeness (QED) is 0.188. The van der Waals surface area contributed by atoms with Crippen molar-refractivity contribution in [3.8, 4) is 5.75 Å². The summed E-state index contributed by atoms with van der Waals surface area (Å²) in [6.07, 6.45) is 0. The second-order valence-electron chi connectivity index (χ2n) is 9.34. The van der Waals surface area contributed by atoms with Crippen molar-refractivity contribution in [2.45, 2.75) is 32.7 Å². The molecule has 36 heavy (non-hydrogen) atoms. The van der Waals surface area contributed by atoms with Crippen LogP contribution in [0.4, 0.5) is 5.13 Å². The highest BCUT2D eigenvalue weighted by Crippen LogP contribution is 2.44. The van der Waals surface area contributed by atoms with Crippen LogP contribution in [0.2, 0.25) is 0 Å². The van der Waals surface area contributed by atoms with Gasteiger partial charge in [0.2, 0.25) is 5.78 Å². The van der Waals surface area contributed by atoms with Gasteiger partial charge in [-0.25, -0.2) is 4.98 Å². The van der Waals surface area contributed by atoms with Gasteiger partial charge < -0.3 is 4.74 Å². The molecule has 1 aliphatic rings. The van der Waals surface area contributed by atoms with E-state index in [0.29, 0.717) is 27.9 Å². The Bertz CT molecular complexity index is 1470. The Labute approximate surface area is 213 Å². The molecular weight excluding hydrogens is 472 g/mol. The molecule has 6 nitrogen and oxygen atoms in total. The average molecular weight is 499 g/mol. The summed E-state index contributed by atoms with van der Waals surface area (Å²) < 4.78 is 6.15. The molecule has 0 bridgehead atoms. The highest BCUT2D eigenvalue weighted by Gasteiger charge is 2.53. The number of carbonyl (C=O) groups is 3. The van der Waals surface area contributed by atoms with E-state index in [9.17, 15) is 14.4 Å². The maximum atomic E-state index is 13.7.